The number of benzene rings is 2. The fourth-order valence-electron chi connectivity index (χ4n) is 2.49. The third-order valence-corrected chi connectivity index (χ3v) is 4.98. The third-order valence-electron chi connectivity index (χ3n) is 3.95. The van der Waals surface area contributed by atoms with Crippen molar-refractivity contribution < 1.29 is 14.7 Å². The second-order valence-electron chi connectivity index (χ2n) is 6.27. The number of aliphatic carboxylic acids is 1. The molecule has 0 radical (unpaired) electrons. The minimum absolute atomic E-state index is 0.125. The van der Waals surface area contributed by atoms with Crippen LogP contribution < -0.4 is 10.6 Å². The van der Waals surface area contributed by atoms with Crippen LogP contribution in [0.4, 0.5) is 16.2 Å². The number of carboxylic acid groups (broad SMARTS) is 1. The lowest BCUT2D eigenvalue weighted by molar-refractivity contribution is -0.137. The van der Waals surface area contributed by atoms with Gasteiger partial charge in [0.25, 0.3) is 0 Å². The maximum absolute atomic E-state index is 12.1. The highest BCUT2D eigenvalue weighted by atomic mass is 32.1. The van der Waals surface area contributed by atoms with Crippen LogP contribution in [0.2, 0.25) is 0 Å². The second-order valence-corrected chi connectivity index (χ2v) is 7.33. The van der Waals surface area contributed by atoms with Crippen molar-refractivity contribution in [2.45, 2.75) is 26.2 Å². The number of carbonyl (C=O) groups excluding carboxylic acids is 1. The summed E-state index contributed by atoms with van der Waals surface area (Å²) in [4.78, 5) is 22.7. The van der Waals surface area contributed by atoms with E-state index < -0.39 is 5.97 Å². The number of amides is 2. The number of hydrogen-bond acceptors (Lipinski definition) is 5. The number of carboxylic acids is 1. The molecule has 1 heterocycles. The quantitative estimate of drug-likeness (QED) is 0.543. The zero-order valence-electron chi connectivity index (χ0n) is 15.3. The fourth-order valence-corrected chi connectivity index (χ4v) is 3.38. The first-order valence-electron chi connectivity index (χ1n) is 8.79. The number of rotatable bonds is 7. The normalized spacial score (nSPS) is 10.5. The number of hydrogen-bond donors (Lipinski definition) is 3. The SMILES string of the molecule is Cc1ccc(NC(=O)Nc2ccc(-c3nnc(CCCC(=O)O)s3)cc2)cc1. The molecule has 3 N–H and O–H groups in total. The van der Waals surface area contributed by atoms with Crippen LogP contribution in [0.15, 0.2) is 48.5 Å². The monoisotopic (exact) mass is 396 g/mol. The molecule has 0 aliphatic rings. The van der Waals surface area contributed by atoms with Gasteiger partial charge in [-0.1, -0.05) is 29.0 Å². The predicted octanol–water partition coefficient (Wildman–Crippen LogP) is 4.56. The van der Waals surface area contributed by atoms with E-state index in [1.54, 1.807) is 12.1 Å². The molecule has 144 valence electrons. The van der Waals surface area contributed by atoms with Crippen molar-refractivity contribution in [2.24, 2.45) is 0 Å². The summed E-state index contributed by atoms with van der Waals surface area (Å²) in [6.45, 7) is 1.99. The summed E-state index contributed by atoms with van der Waals surface area (Å²) < 4.78 is 0. The molecule has 0 spiro atoms. The van der Waals surface area contributed by atoms with E-state index in [4.69, 9.17) is 5.11 Å². The molecule has 8 heteroatoms. The van der Waals surface area contributed by atoms with Crippen molar-refractivity contribution >= 4 is 34.7 Å². The minimum Gasteiger partial charge on any atom is -0.481 e. The summed E-state index contributed by atoms with van der Waals surface area (Å²) in [5, 5.41) is 24.1. The van der Waals surface area contributed by atoms with Crippen molar-refractivity contribution in [3.8, 4) is 10.6 Å². The molecule has 0 aliphatic carbocycles. The number of carbonyl (C=O) groups is 2. The average Bonchev–Trinajstić information content (AvgIpc) is 3.13. The predicted molar refractivity (Wildman–Crippen MR) is 110 cm³/mol. The topological polar surface area (TPSA) is 104 Å². The molecule has 0 bridgehead atoms. The molecule has 2 amide bonds. The highest BCUT2D eigenvalue weighted by Gasteiger charge is 2.08. The van der Waals surface area contributed by atoms with E-state index in [1.165, 1.54) is 11.3 Å². The fraction of sp³-hybridized carbons (Fsp3) is 0.200. The summed E-state index contributed by atoms with van der Waals surface area (Å²) in [7, 11) is 0. The summed E-state index contributed by atoms with van der Waals surface area (Å²) in [5.74, 6) is -0.806. The molecule has 0 fully saturated rings. The Kier molecular flexibility index (Phi) is 6.33. The van der Waals surface area contributed by atoms with Gasteiger partial charge in [0, 0.05) is 29.8 Å². The smallest absolute Gasteiger partial charge is 0.323 e. The van der Waals surface area contributed by atoms with Gasteiger partial charge in [0.15, 0.2) is 0 Å². The van der Waals surface area contributed by atoms with Crippen molar-refractivity contribution in [2.75, 3.05) is 10.6 Å². The van der Waals surface area contributed by atoms with Crippen LogP contribution in [0.5, 0.6) is 0 Å². The van der Waals surface area contributed by atoms with E-state index in [0.717, 1.165) is 26.8 Å². The first-order valence-corrected chi connectivity index (χ1v) is 9.60. The molecule has 3 aromatic rings. The Balaban J connectivity index is 1.56. The van der Waals surface area contributed by atoms with Gasteiger partial charge >= 0.3 is 12.0 Å². The van der Waals surface area contributed by atoms with Crippen LogP contribution in [0.1, 0.15) is 23.4 Å². The van der Waals surface area contributed by atoms with Crippen LogP contribution in [0, 0.1) is 6.92 Å². The third kappa shape index (κ3) is 5.62. The summed E-state index contributed by atoms with van der Waals surface area (Å²) >= 11 is 1.45. The van der Waals surface area contributed by atoms with Gasteiger partial charge in [0.1, 0.15) is 10.0 Å². The summed E-state index contributed by atoms with van der Waals surface area (Å²) in [5.41, 5.74) is 3.42. The molecule has 0 aliphatic heterocycles. The Labute approximate surface area is 166 Å². The van der Waals surface area contributed by atoms with Gasteiger partial charge in [-0.3, -0.25) is 4.79 Å². The van der Waals surface area contributed by atoms with E-state index in [2.05, 4.69) is 20.8 Å². The molecular weight excluding hydrogens is 376 g/mol. The van der Waals surface area contributed by atoms with E-state index in [1.807, 2.05) is 43.3 Å². The highest BCUT2D eigenvalue weighted by molar-refractivity contribution is 7.14. The zero-order chi connectivity index (χ0) is 19.9. The molecule has 28 heavy (non-hydrogen) atoms. The number of aromatic nitrogens is 2. The summed E-state index contributed by atoms with van der Waals surface area (Å²) in [6, 6.07) is 14.6. The lowest BCUT2D eigenvalue weighted by atomic mass is 10.2. The van der Waals surface area contributed by atoms with Gasteiger partial charge in [-0.15, -0.1) is 10.2 Å². The van der Waals surface area contributed by atoms with Crippen LogP contribution in [-0.2, 0) is 11.2 Å². The molecule has 0 atom stereocenters. The van der Waals surface area contributed by atoms with Gasteiger partial charge < -0.3 is 15.7 Å². The molecule has 1 aromatic heterocycles. The average molecular weight is 396 g/mol. The van der Waals surface area contributed by atoms with E-state index in [-0.39, 0.29) is 12.5 Å². The van der Waals surface area contributed by atoms with Crippen molar-refractivity contribution in [3.63, 3.8) is 0 Å². The van der Waals surface area contributed by atoms with Gasteiger partial charge in [0.05, 0.1) is 0 Å². The van der Waals surface area contributed by atoms with Crippen LogP contribution >= 0.6 is 11.3 Å². The second kappa shape index (κ2) is 9.09. The zero-order valence-corrected chi connectivity index (χ0v) is 16.1. The number of nitrogens with one attached hydrogen (secondary N) is 2. The van der Waals surface area contributed by atoms with Crippen molar-refractivity contribution in [1.29, 1.82) is 0 Å². The Morgan fingerprint density at radius 1 is 0.964 bits per heavy atom. The number of aryl methyl sites for hydroxylation is 2. The first kappa shape index (κ1) is 19.5. The van der Waals surface area contributed by atoms with Crippen molar-refractivity contribution in [1.82, 2.24) is 10.2 Å². The van der Waals surface area contributed by atoms with Gasteiger partial charge in [-0.05, 0) is 49.7 Å². The standard InChI is InChI=1S/C20H20N4O3S/c1-13-5-9-15(10-6-13)21-20(27)22-16-11-7-14(8-12-16)19-24-23-17(28-19)3-2-4-18(25)26/h5-12H,2-4H2,1H3,(H,25,26)(H2,21,22,27). The Bertz CT molecular complexity index is 952. The van der Waals surface area contributed by atoms with Crippen LogP contribution in [-0.4, -0.2) is 27.3 Å². The molecule has 0 unspecified atom stereocenters. The van der Waals surface area contributed by atoms with Gasteiger partial charge in [-0.25, -0.2) is 4.79 Å². The Morgan fingerprint density at radius 3 is 2.18 bits per heavy atom. The van der Waals surface area contributed by atoms with E-state index in [0.29, 0.717) is 18.5 Å². The molecule has 0 saturated carbocycles. The maximum Gasteiger partial charge on any atom is 0.323 e. The largest absolute Gasteiger partial charge is 0.481 e. The minimum atomic E-state index is -0.806. The lowest BCUT2D eigenvalue weighted by Crippen LogP contribution is -2.19. The lowest BCUT2D eigenvalue weighted by Gasteiger charge is -2.08. The van der Waals surface area contributed by atoms with Crippen LogP contribution in [0.3, 0.4) is 0 Å². The number of anilines is 2. The number of urea groups is 1. The Morgan fingerprint density at radius 2 is 1.57 bits per heavy atom. The Hall–Kier alpha value is -3.26. The molecule has 0 saturated heterocycles. The number of nitrogens with zero attached hydrogens (tertiary/aromatic N) is 2. The highest BCUT2D eigenvalue weighted by Crippen LogP contribution is 2.25. The molecule has 2 aromatic carbocycles. The first-order chi connectivity index (χ1) is 13.5. The van der Waals surface area contributed by atoms with Crippen LogP contribution in [0.25, 0.3) is 10.6 Å². The van der Waals surface area contributed by atoms with E-state index >= 15 is 0 Å². The van der Waals surface area contributed by atoms with Gasteiger partial charge in [0.2, 0.25) is 0 Å². The summed E-state index contributed by atoms with van der Waals surface area (Å²) in [6.07, 6.45) is 1.27. The molecular formula is C20H20N4O3S. The molecule has 7 nitrogen and oxygen atoms in total. The van der Waals surface area contributed by atoms with Gasteiger partial charge in [-0.2, -0.15) is 0 Å². The van der Waals surface area contributed by atoms with E-state index in [9.17, 15) is 9.59 Å². The van der Waals surface area contributed by atoms with Crippen molar-refractivity contribution in [3.05, 3.63) is 59.1 Å². The molecule has 3 rings (SSSR count). The maximum atomic E-state index is 12.1.